The molecule has 6 heteroatoms. The number of unbranched alkanes of at least 4 members (excludes halogenated alkanes) is 43. The van der Waals surface area contributed by atoms with E-state index in [1.807, 2.05) is 0 Å². The lowest BCUT2D eigenvalue weighted by molar-refractivity contribution is -0.167. The summed E-state index contributed by atoms with van der Waals surface area (Å²) in [6.07, 6.45) is 87.0. The summed E-state index contributed by atoms with van der Waals surface area (Å²) >= 11 is 0. The second-order valence-corrected chi connectivity index (χ2v) is 23.4. The lowest BCUT2D eigenvalue weighted by Gasteiger charge is -2.18. The van der Waals surface area contributed by atoms with E-state index < -0.39 is 6.10 Å². The molecular formula is C73H132O6. The molecule has 79 heavy (non-hydrogen) atoms. The third-order valence-electron chi connectivity index (χ3n) is 15.5. The van der Waals surface area contributed by atoms with E-state index >= 15 is 0 Å². The molecule has 1 atom stereocenters. The predicted octanol–water partition coefficient (Wildman–Crippen LogP) is 23.9. The summed E-state index contributed by atoms with van der Waals surface area (Å²) < 4.78 is 16.9. The number of hydrogen-bond acceptors (Lipinski definition) is 6. The molecular weight excluding hydrogens is 973 g/mol. The minimum atomic E-state index is -0.779. The minimum absolute atomic E-state index is 0.0749. The molecule has 460 valence electrons. The van der Waals surface area contributed by atoms with Crippen LogP contribution < -0.4 is 0 Å². The highest BCUT2D eigenvalue weighted by Gasteiger charge is 2.19. The molecule has 0 fully saturated rings. The fraction of sp³-hybridized carbons (Fsp3) is 0.822. The first-order chi connectivity index (χ1) is 39.0. The molecule has 1 unspecified atom stereocenters. The van der Waals surface area contributed by atoms with Gasteiger partial charge in [-0.25, -0.2) is 0 Å². The molecule has 0 saturated carbocycles. The van der Waals surface area contributed by atoms with Crippen LogP contribution in [0.25, 0.3) is 0 Å². The fourth-order valence-corrected chi connectivity index (χ4v) is 10.3. The molecule has 0 heterocycles. The van der Waals surface area contributed by atoms with Gasteiger partial charge in [-0.05, 0) is 77.0 Å². The van der Waals surface area contributed by atoms with Crippen molar-refractivity contribution in [3.05, 3.63) is 60.8 Å². The average Bonchev–Trinajstić information content (AvgIpc) is 3.45. The zero-order valence-electron chi connectivity index (χ0n) is 52.9. The fourth-order valence-electron chi connectivity index (χ4n) is 10.3. The van der Waals surface area contributed by atoms with Crippen molar-refractivity contribution < 1.29 is 28.6 Å². The van der Waals surface area contributed by atoms with E-state index in [1.54, 1.807) is 0 Å². The van der Waals surface area contributed by atoms with Crippen LogP contribution in [0, 0.1) is 0 Å². The monoisotopic (exact) mass is 1110 g/mol. The van der Waals surface area contributed by atoms with Crippen molar-refractivity contribution in [1.82, 2.24) is 0 Å². The molecule has 0 aromatic carbocycles. The van der Waals surface area contributed by atoms with Gasteiger partial charge in [0.2, 0.25) is 0 Å². The first-order valence-corrected chi connectivity index (χ1v) is 34.8. The van der Waals surface area contributed by atoms with Crippen molar-refractivity contribution in [2.24, 2.45) is 0 Å². The van der Waals surface area contributed by atoms with Gasteiger partial charge in [-0.3, -0.25) is 14.4 Å². The molecule has 0 saturated heterocycles. The molecule has 0 aliphatic carbocycles. The Balaban J connectivity index is 4.15. The molecule has 0 aromatic rings. The maximum atomic E-state index is 12.9. The van der Waals surface area contributed by atoms with Crippen LogP contribution in [0.1, 0.15) is 367 Å². The van der Waals surface area contributed by atoms with Crippen LogP contribution >= 0.6 is 0 Å². The van der Waals surface area contributed by atoms with Crippen molar-refractivity contribution in [1.29, 1.82) is 0 Å². The van der Waals surface area contributed by atoms with Gasteiger partial charge >= 0.3 is 17.9 Å². The van der Waals surface area contributed by atoms with E-state index in [2.05, 4.69) is 81.5 Å². The van der Waals surface area contributed by atoms with E-state index in [0.29, 0.717) is 19.3 Å². The summed E-state index contributed by atoms with van der Waals surface area (Å²) in [4.78, 5) is 38.3. The molecule has 0 N–H and O–H groups in total. The first kappa shape index (κ1) is 76.1. The van der Waals surface area contributed by atoms with Gasteiger partial charge in [0.25, 0.3) is 0 Å². The molecule has 0 bridgehead atoms. The Bertz CT molecular complexity index is 1410. The van der Waals surface area contributed by atoms with Crippen molar-refractivity contribution in [3.8, 4) is 0 Å². The normalized spacial score (nSPS) is 12.4. The Morgan fingerprint density at radius 1 is 0.266 bits per heavy atom. The van der Waals surface area contributed by atoms with Crippen LogP contribution in [-0.2, 0) is 28.6 Å². The second-order valence-electron chi connectivity index (χ2n) is 23.4. The van der Waals surface area contributed by atoms with Gasteiger partial charge in [0.05, 0.1) is 0 Å². The molecule has 0 aromatic heterocycles. The number of rotatable bonds is 64. The smallest absolute Gasteiger partial charge is 0.306 e. The summed E-state index contributed by atoms with van der Waals surface area (Å²) in [7, 11) is 0. The third-order valence-corrected chi connectivity index (χ3v) is 15.5. The Kier molecular flexibility index (Phi) is 65.1. The van der Waals surface area contributed by atoms with Crippen LogP contribution in [0.15, 0.2) is 60.8 Å². The molecule has 0 radical (unpaired) electrons. The maximum Gasteiger partial charge on any atom is 0.306 e. The van der Waals surface area contributed by atoms with Crippen LogP contribution in [0.4, 0.5) is 0 Å². The lowest BCUT2D eigenvalue weighted by Crippen LogP contribution is -2.30. The standard InChI is InChI=1S/C73H132O6/c1-4-7-10-13-16-19-22-24-26-28-30-32-34-35-36-37-38-40-41-43-45-47-49-51-54-57-60-63-66-72(75)78-69-70(68-77-71(74)65-62-59-56-53-21-18-15-12-9-6-3)79-73(76)67-64-61-58-55-52-50-48-46-44-42-39-33-31-29-27-25-23-20-17-14-11-8-5-2/h8,11-12,15,17,20,25,27,31,33,70H,4-7,9-10,13-14,16,18-19,21-24,26,28-30,32,34-69H2,1-3H3/b11-8-,15-12-,20-17-,27-25-,33-31-. The maximum absolute atomic E-state index is 12.9. The molecule has 0 spiro atoms. The Hall–Kier alpha value is -2.89. The van der Waals surface area contributed by atoms with Gasteiger partial charge in [0, 0.05) is 19.3 Å². The summed E-state index contributed by atoms with van der Waals surface area (Å²) in [5.41, 5.74) is 0. The third kappa shape index (κ3) is 65.8. The molecule has 0 aliphatic heterocycles. The Morgan fingerprint density at radius 3 is 0.835 bits per heavy atom. The number of carbonyl (C=O) groups excluding carboxylic acids is 3. The Morgan fingerprint density at radius 2 is 0.519 bits per heavy atom. The number of allylic oxidation sites excluding steroid dienone is 10. The topological polar surface area (TPSA) is 78.9 Å². The van der Waals surface area contributed by atoms with Gasteiger partial charge in [0.1, 0.15) is 13.2 Å². The average molecular weight is 1110 g/mol. The highest BCUT2D eigenvalue weighted by molar-refractivity contribution is 5.71. The predicted molar refractivity (Wildman–Crippen MR) is 344 cm³/mol. The second kappa shape index (κ2) is 67.6. The van der Waals surface area contributed by atoms with E-state index in [9.17, 15) is 14.4 Å². The summed E-state index contributed by atoms with van der Waals surface area (Å²) in [6.45, 7) is 6.51. The molecule has 0 aliphatic rings. The largest absolute Gasteiger partial charge is 0.462 e. The van der Waals surface area contributed by atoms with Crippen LogP contribution in [0.5, 0.6) is 0 Å². The van der Waals surface area contributed by atoms with Gasteiger partial charge in [-0.15, -0.1) is 0 Å². The van der Waals surface area contributed by atoms with Crippen molar-refractivity contribution in [3.63, 3.8) is 0 Å². The van der Waals surface area contributed by atoms with E-state index in [0.717, 1.165) is 96.3 Å². The minimum Gasteiger partial charge on any atom is -0.462 e. The van der Waals surface area contributed by atoms with Gasteiger partial charge < -0.3 is 14.2 Å². The van der Waals surface area contributed by atoms with Crippen LogP contribution in [-0.4, -0.2) is 37.2 Å². The summed E-state index contributed by atoms with van der Waals surface area (Å²) in [5.74, 6) is -0.870. The highest BCUT2D eigenvalue weighted by atomic mass is 16.6. The molecule has 6 nitrogen and oxygen atoms in total. The number of ether oxygens (including phenoxy) is 3. The van der Waals surface area contributed by atoms with Gasteiger partial charge in [-0.1, -0.05) is 332 Å². The zero-order chi connectivity index (χ0) is 57.1. The number of hydrogen-bond donors (Lipinski definition) is 0. The zero-order valence-corrected chi connectivity index (χ0v) is 52.9. The van der Waals surface area contributed by atoms with E-state index in [4.69, 9.17) is 14.2 Å². The van der Waals surface area contributed by atoms with Crippen molar-refractivity contribution in [2.45, 2.75) is 374 Å². The first-order valence-electron chi connectivity index (χ1n) is 34.8. The lowest BCUT2D eigenvalue weighted by atomic mass is 10.0. The number of carbonyl (C=O) groups is 3. The highest BCUT2D eigenvalue weighted by Crippen LogP contribution is 2.18. The summed E-state index contributed by atoms with van der Waals surface area (Å²) in [5, 5.41) is 0. The molecule has 0 rings (SSSR count). The summed E-state index contributed by atoms with van der Waals surface area (Å²) in [6, 6.07) is 0. The van der Waals surface area contributed by atoms with E-state index in [1.165, 1.54) is 231 Å². The van der Waals surface area contributed by atoms with Crippen molar-refractivity contribution >= 4 is 17.9 Å². The SMILES string of the molecule is CC/C=C\C/C=C\C/C=C\C/C=C\CCCCCCCCCCCCC(=O)OC(COC(=O)CCCCCCC/C=C\CCC)COC(=O)CCCCCCCCCCCCCCCCCCCCCCCCCCCCCC. The van der Waals surface area contributed by atoms with Crippen LogP contribution in [0.3, 0.4) is 0 Å². The number of esters is 3. The Labute approximate surface area is 491 Å². The molecule has 0 amide bonds. The van der Waals surface area contributed by atoms with E-state index in [-0.39, 0.29) is 31.1 Å². The van der Waals surface area contributed by atoms with Crippen molar-refractivity contribution in [2.75, 3.05) is 13.2 Å². The van der Waals surface area contributed by atoms with Gasteiger partial charge in [-0.2, -0.15) is 0 Å². The van der Waals surface area contributed by atoms with Crippen LogP contribution in [0.2, 0.25) is 0 Å². The quantitative estimate of drug-likeness (QED) is 0.0261. The van der Waals surface area contributed by atoms with Gasteiger partial charge in [0.15, 0.2) is 6.10 Å².